The highest BCUT2D eigenvalue weighted by Crippen LogP contribution is 2.18. The molecule has 1 aliphatic heterocycles. The van der Waals surface area contributed by atoms with E-state index >= 15 is 0 Å². The number of hydrogen-bond donors (Lipinski definition) is 0. The molecule has 0 unspecified atom stereocenters. The van der Waals surface area contributed by atoms with E-state index in [0.29, 0.717) is 13.2 Å². The van der Waals surface area contributed by atoms with Crippen LogP contribution in [0, 0.1) is 0 Å². The van der Waals surface area contributed by atoms with Crippen molar-refractivity contribution in [2.24, 2.45) is 0 Å². The Kier molecular flexibility index (Phi) is 5.81. The van der Waals surface area contributed by atoms with Crippen LogP contribution in [0.15, 0.2) is 22.9 Å². The van der Waals surface area contributed by atoms with Gasteiger partial charge in [0.05, 0.1) is 19.3 Å². The molecule has 2 heterocycles. The topological polar surface area (TPSA) is 51.7 Å². The molecule has 0 spiro atoms. The smallest absolute Gasteiger partial charge is 0.410 e. The van der Waals surface area contributed by atoms with Gasteiger partial charge in [-0.2, -0.15) is 0 Å². The summed E-state index contributed by atoms with van der Waals surface area (Å²) in [6.45, 7) is 7.46. The zero-order valence-electron chi connectivity index (χ0n) is 13.3. The van der Waals surface area contributed by atoms with Crippen molar-refractivity contribution in [1.29, 1.82) is 0 Å². The van der Waals surface area contributed by atoms with Crippen LogP contribution >= 0.6 is 15.9 Å². The summed E-state index contributed by atoms with van der Waals surface area (Å²) in [5, 5.41) is 0. The molecule has 1 aromatic rings. The first-order valence-corrected chi connectivity index (χ1v) is 8.33. The summed E-state index contributed by atoms with van der Waals surface area (Å²) >= 11 is 3.31. The fraction of sp³-hybridized carbons (Fsp3) is 0.625. The molecule has 1 fully saturated rings. The van der Waals surface area contributed by atoms with Gasteiger partial charge < -0.3 is 14.4 Å². The number of aromatic nitrogens is 1. The average molecular weight is 371 g/mol. The minimum absolute atomic E-state index is 0.0462. The van der Waals surface area contributed by atoms with Gasteiger partial charge >= 0.3 is 6.09 Å². The van der Waals surface area contributed by atoms with Gasteiger partial charge in [-0.25, -0.2) is 9.78 Å². The van der Waals surface area contributed by atoms with E-state index in [1.165, 1.54) is 0 Å². The highest BCUT2D eigenvalue weighted by atomic mass is 79.9. The second-order valence-electron chi connectivity index (χ2n) is 6.49. The van der Waals surface area contributed by atoms with Gasteiger partial charge in [-0.1, -0.05) is 6.07 Å². The fourth-order valence-electron chi connectivity index (χ4n) is 2.27. The third-order valence-electron chi connectivity index (χ3n) is 3.30. The van der Waals surface area contributed by atoms with Gasteiger partial charge in [0.2, 0.25) is 0 Å². The Morgan fingerprint density at radius 2 is 2.23 bits per heavy atom. The molecule has 0 N–H and O–H groups in total. The highest BCUT2D eigenvalue weighted by molar-refractivity contribution is 9.10. The minimum Gasteiger partial charge on any atom is -0.444 e. The lowest BCUT2D eigenvalue weighted by atomic mass is 10.1. The highest BCUT2D eigenvalue weighted by Gasteiger charge is 2.27. The first-order valence-electron chi connectivity index (χ1n) is 7.53. The third kappa shape index (κ3) is 5.57. The van der Waals surface area contributed by atoms with Crippen LogP contribution in [0.2, 0.25) is 0 Å². The molecule has 0 aliphatic carbocycles. The number of carbonyl (C=O) groups excluding carboxylic acids is 1. The molecule has 22 heavy (non-hydrogen) atoms. The molecule has 0 radical (unpaired) electrons. The predicted molar refractivity (Wildman–Crippen MR) is 87.6 cm³/mol. The van der Waals surface area contributed by atoms with Gasteiger partial charge in [-0.05, 0) is 61.2 Å². The average Bonchev–Trinajstić information content (AvgIpc) is 2.45. The SMILES string of the molecule is CC(C)(C)OC(=O)N1CCC[C@H](OCc2ccc(Br)nc2)C1. The number of ether oxygens (including phenoxy) is 2. The maximum Gasteiger partial charge on any atom is 0.410 e. The van der Waals surface area contributed by atoms with Gasteiger partial charge in [0.1, 0.15) is 10.2 Å². The number of hydrogen-bond acceptors (Lipinski definition) is 4. The molecular weight excluding hydrogens is 348 g/mol. The number of piperidine rings is 1. The van der Waals surface area contributed by atoms with E-state index < -0.39 is 5.60 Å². The molecule has 1 aromatic heterocycles. The van der Waals surface area contributed by atoms with Crippen molar-refractivity contribution < 1.29 is 14.3 Å². The van der Waals surface area contributed by atoms with Gasteiger partial charge in [-0.15, -0.1) is 0 Å². The number of rotatable bonds is 3. The van der Waals surface area contributed by atoms with Gasteiger partial charge in [0.25, 0.3) is 0 Å². The summed E-state index contributed by atoms with van der Waals surface area (Å²) in [7, 11) is 0. The van der Waals surface area contributed by atoms with Crippen molar-refractivity contribution >= 4 is 22.0 Å². The van der Waals surface area contributed by atoms with Crippen LogP contribution in [-0.4, -0.2) is 40.8 Å². The lowest BCUT2D eigenvalue weighted by molar-refractivity contribution is -0.0259. The number of halogens is 1. The van der Waals surface area contributed by atoms with Crippen molar-refractivity contribution in [2.45, 2.75) is 51.9 Å². The van der Waals surface area contributed by atoms with E-state index in [2.05, 4.69) is 20.9 Å². The van der Waals surface area contributed by atoms with E-state index in [1.807, 2.05) is 32.9 Å². The maximum absolute atomic E-state index is 12.1. The number of pyridine rings is 1. The summed E-state index contributed by atoms with van der Waals surface area (Å²) in [5.41, 5.74) is 0.561. The zero-order chi connectivity index (χ0) is 16.2. The first kappa shape index (κ1) is 17.2. The second kappa shape index (κ2) is 7.42. The number of carbonyl (C=O) groups is 1. The molecule has 2 rings (SSSR count). The normalized spacial score (nSPS) is 19.1. The Balaban J connectivity index is 1.82. The van der Waals surface area contributed by atoms with Gasteiger partial charge in [-0.3, -0.25) is 0 Å². The molecule has 5 nitrogen and oxygen atoms in total. The van der Waals surface area contributed by atoms with Crippen molar-refractivity contribution in [1.82, 2.24) is 9.88 Å². The van der Waals surface area contributed by atoms with Crippen LogP contribution < -0.4 is 0 Å². The standard InChI is InChI=1S/C16H23BrN2O3/c1-16(2,3)22-15(20)19-8-4-5-13(10-19)21-11-12-6-7-14(17)18-9-12/h6-7,9,13H,4-5,8,10-11H2,1-3H3/t13-/m0/s1. The van der Waals surface area contributed by atoms with Gasteiger partial charge in [0.15, 0.2) is 0 Å². The molecule has 1 aliphatic rings. The van der Waals surface area contributed by atoms with Crippen molar-refractivity contribution in [3.8, 4) is 0 Å². The quantitative estimate of drug-likeness (QED) is 0.760. The Morgan fingerprint density at radius 1 is 1.45 bits per heavy atom. The Hall–Kier alpha value is -1.14. The summed E-state index contributed by atoms with van der Waals surface area (Å²) < 4.78 is 12.1. The molecule has 0 saturated carbocycles. The molecule has 1 amide bonds. The largest absolute Gasteiger partial charge is 0.444 e. The van der Waals surface area contributed by atoms with E-state index in [1.54, 1.807) is 11.1 Å². The van der Waals surface area contributed by atoms with Crippen LogP contribution in [0.25, 0.3) is 0 Å². The van der Waals surface area contributed by atoms with E-state index in [4.69, 9.17) is 9.47 Å². The summed E-state index contributed by atoms with van der Waals surface area (Å²) in [4.78, 5) is 18.0. The van der Waals surface area contributed by atoms with Crippen LogP contribution in [-0.2, 0) is 16.1 Å². The molecule has 122 valence electrons. The van der Waals surface area contributed by atoms with E-state index in [0.717, 1.165) is 29.6 Å². The number of likely N-dealkylation sites (tertiary alicyclic amines) is 1. The summed E-state index contributed by atoms with van der Waals surface area (Å²) in [6.07, 6.45) is 3.47. The minimum atomic E-state index is -0.464. The van der Waals surface area contributed by atoms with Crippen LogP contribution in [0.1, 0.15) is 39.2 Å². The Morgan fingerprint density at radius 3 is 2.86 bits per heavy atom. The third-order valence-corrected chi connectivity index (χ3v) is 3.77. The monoisotopic (exact) mass is 370 g/mol. The van der Waals surface area contributed by atoms with Crippen LogP contribution in [0.4, 0.5) is 4.79 Å². The Labute approximate surface area is 140 Å². The maximum atomic E-state index is 12.1. The zero-order valence-corrected chi connectivity index (χ0v) is 14.9. The van der Waals surface area contributed by atoms with Crippen LogP contribution in [0.3, 0.4) is 0 Å². The molecule has 1 atom stereocenters. The van der Waals surface area contributed by atoms with Crippen molar-refractivity contribution in [3.05, 3.63) is 28.5 Å². The van der Waals surface area contributed by atoms with E-state index in [-0.39, 0.29) is 12.2 Å². The Bertz CT molecular complexity index is 499. The van der Waals surface area contributed by atoms with Crippen LogP contribution in [0.5, 0.6) is 0 Å². The van der Waals surface area contributed by atoms with Gasteiger partial charge in [0, 0.05) is 12.7 Å². The number of nitrogens with zero attached hydrogens (tertiary/aromatic N) is 2. The molecule has 0 bridgehead atoms. The first-order chi connectivity index (χ1) is 10.3. The lowest BCUT2D eigenvalue weighted by Gasteiger charge is -2.34. The molecule has 0 aromatic carbocycles. The molecule has 6 heteroatoms. The molecule has 1 saturated heterocycles. The fourth-order valence-corrected chi connectivity index (χ4v) is 2.51. The number of amides is 1. The van der Waals surface area contributed by atoms with Crippen molar-refractivity contribution in [3.63, 3.8) is 0 Å². The van der Waals surface area contributed by atoms with Crippen molar-refractivity contribution in [2.75, 3.05) is 13.1 Å². The van der Waals surface area contributed by atoms with E-state index in [9.17, 15) is 4.79 Å². The lowest BCUT2D eigenvalue weighted by Crippen LogP contribution is -2.45. The molecular formula is C16H23BrN2O3. The predicted octanol–water partition coefficient (Wildman–Crippen LogP) is 3.76. The summed E-state index contributed by atoms with van der Waals surface area (Å²) in [5.74, 6) is 0. The second-order valence-corrected chi connectivity index (χ2v) is 7.30. The summed E-state index contributed by atoms with van der Waals surface area (Å²) in [6, 6.07) is 3.87.